The number of nitrogens with one attached hydrogen (secondary N) is 2. The first-order valence-corrected chi connectivity index (χ1v) is 15.7. The molecule has 0 fully saturated rings. The standard InChI is InChI=1S/C34H29F3N10O3/c1-19-6-7-27(47-17-29(42-44-47)34(35,36)37)23(12-19)24-15-31(49)45(18-40-24)28-5-3-4-20(2)33(50)41-26-16-46(22-9-11-39-30(48)14-22)43-32(26)21-8-10-38-25(28)13-21/h6-18,20,28H,3-5H2,1-2H3,(H,39,48)(H,41,50)/t20-,28+/m1/s1. The molecule has 0 saturated heterocycles. The zero-order valence-electron chi connectivity index (χ0n) is 26.7. The number of aromatic nitrogens is 9. The van der Waals surface area contributed by atoms with E-state index in [4.69, 9.17) is 5.10 Å². The maximum Gasteiger partial charge on any atom is 0.436 e. The minimum atomic E-state index is -4.67. The average molecular weight is 683 g/mol. The number of hydrogen-bond acceptors (Lipinski definition) is 8. The van der Waals surface area contributed by atoms with Crippen LogP contribution in [0.2, 0.25) is 0 Å². The highest BCUT2D eigenvalue weighted by Gasteiger charge is 2.35. The highest BCUT2D eigenvalue weighted by molar-refractivity contribution is 5.95. The van der Waals surface area contributed by atoms with E-state index in [0.717, 1.165) is 16.4 Å². The zero-order chi connectivity index (χ0) is 35.2. The van der Waals surface area contributed by atoms with E-state index in [1.54, 1.807) is 48.8 Å². The molecule has 6 heterocycles. The molecule has 2 N–H and O–H groups in total. The molecule has 1 amide bonds. The first-order valence-electron chi connectivity index (χ1n) is 15.7. The van der Waals surface area contributed by atoms with E-state index in [9.17, 15) is 27.6 Å². The SMILES string of the molecule is Cc1ccc(-n2cc(C(F)(F)F)nn2)c(-c2cc(=O)n([C@H]3CCC[C@@H](C)C(=O)Nc4cn(-c5cc[nH]c(=O)c5)nc4-c4ccnc3c4)cn2)c1. The van der Waals surface area contributed by atoms with Crippen molar-refractivity contribution in [2.45, 2.75) is 45.3 Å². The molecule has 5 aromatic heterocycles. The van der Waals surface area contributed by atoms with Crippen molar-refractivity contribution >= 4 is 11.6 Å². The second-order valence-corrected chi connectivity index (χ2v) is 12.1. The lowest BCUT2D eigenvalue weighted by Gasteiger charge is -2.22. The van der Waals surface area contributed by atoms with Gasteiger partial charge in [-0.05, 0) is 50.1 Å². The average Bonchev–Trinajstić information content (AvgIpc) is 3.75. The summed E-state index contributed by atoms with van der Waals surface area (Å²) in [5.74, 6) is -0.571. The Morgan fingerprint density at radius 1 is 0.940 bits per heavy atom. The van der Waals surface area contributed by atoms with Crippen LogP contribution in [0.25, 0.3) is 33.9 Å². The Balaban J connectivity index is 1.29. The lowest BCUT2D eigenvalue weighted by molar-refractivity contribution is -0.141. The maximum absolute atomic E-state index is 13.9. The van der Waals surface area contributed by atoms with Gasteiger partial charge in [-0.3, -0.25) is 23.9 Å². The third-order valence-electron chi connectivity index (χ3n) is 8.58. The van der Waals surface area contributed by atoms with Gasteiger partial charge in [0.1, 0.15) is 5.69 Å². The van der Waals surface area contributed by atoms with E-state index >= 15 is 0 Å². The summed E-state index contributed by atoms with van der Waals surface area (Å²) in [7, 11) is 0. The van der Waals surface area contributed by atoms with Crippen LogP contribution in [0.5, 0.6) is 0 Å². The van der Waals surface area contributed by atoms with E-state index in [0.29, 0.717) is 53.2 Å². The van der Waals surface area contributed by atoms with Gasteiger partial charge in [-0.25, -0.2) is 14.3 Å². The monoisotopic (exact) mass is 682 g/mol. The summed E-state index contributed by atoms with van der Waals surface area (Å²) in [6.07, 6.45) is 3.82. The van der Waals surface area contributed by atoms with Crippen LogP contribution in [0.3, 0.4) is 0 Å². The number of carbonyl (C=O) groups excluding carboxylic acids is 1. The summed E-state index contributed by atoms with van der Waals surface area (Å²) in [5.41, 5.74) is 2.42. The molecular formula is C34H29F3N10O3. The molecule has 0 unspecified atom stereocenters. The van der Waals surface area contributed by atoms with Crippen molar-refractivity contribution in [1.29, 1.82) is 0 Å². The van der Waals surface area contributed by atoms with Gasteiger partial charge in [0.25, 0.3) is 5.56 Å². The van der Waals surface area contributed by atoms with Gasteiger partial charge in [-0.1, -0.05) is 30.2 Å². The van der Waals surface area contributed by atoms with Crippen LogP contribution in [-0.4, -0.2) is 50.2 Å². The van der Waals surface area contributed by atoms with Crippen molar-refractivity contribution in [2.24, 2.45) is 5.92 Å². The van der Waals surface area contributed by atoms with Crippen LogP contribution in [-0.2, 0) is 11.0 Å². The van der Waals surface area contributed by atoms with Gasteiger partial charge in [-0.2, -0.15) is 18.3 Å². The van der Waals surface area contributed by atoms with Gasteiger partial charge in [0, 0.05) is 41.6 Å². The number of nitrogens with zero attached hydrogens (tertiary/aromatic N) is 8. The highest BCUT2D eigenvalue weighted by Crippen LogP contribution is 2.34. The number of benzene rings is 1. The van der Waals surface area contributed by atoms with Gasteiger partial charge < -0.3 is 10.3 Å². The normalized spacial score (nSPS) is 16.6. The van der Waals surface area contributed by atoms with Crippen LogP contribution in [0.4, 0.5) is 18.9 Å². The minimum Gasteiger partial charge on any atom is -0.329 e. The third-order valence-corrected chi connectivity index (χ3v) is 8.58. The molecule has 1 aliphatic rings. The van der Waals surface area contributed by atoms with Crippen LogP contribution >= 0.6 is 0 Å². The lowest BCUT2D eigenvalue weighted by atomic mass is 9.97. The van der Waals surface area contributed by atoms with Gasteiger partial charge in [0.05, 0.1) is 53.2 Å². The molecule has 0 radical (unpaired) electrons. The van der Waals surface area contributed by atoms with Gasteiger partial charge in [0.15, 0.2) is 5.69 Å². The Morgan fingerprint density at radius 2 is 1.78 bits per heavy atom. The second-order valence-electron chi connectivity index (χ2n) is 12.1. The number of amides is 1. The summed E-state index contributed by atoms with van der Waals surface area (Å²) in [6, 6.07) is 12.4. The number of hydrogen-bond donors (Lipinski definition) is 2. The summed E-state index contributed by atoms with van der Waals surface area (Å²) in [5, 5.41) is 14.6. The number of aromatic amines is 1. The minimum absolute atomic E-state index is 0.199. The quantitative estimate of drug-likeness (QED) is 0.260. The van der Waals surface area contributed by atoms with Crippen molar-refractivity contribution < 1.29 is 18.0 Å². The number of alkyl halides is 3. The number of pyridine rings is 2. The molecule has 0 spiro atoms. The summed E-state index contributed by atoms with van der Waals surface area (Å²) in [6.45, 7) is 3.64. The Kier molecular flexibility index (Phi) is 8.21. The first kappa shape index (κ1) is 32.4. The molecule has 7 rings (SSSR count). The van der Waals surface area contributed by atoms with Crippen LogP contribution in [0.1, 0.15) is 49.2 Å². The number of rotatable bonds is 4. The Bertz CT molecular complexity index is 2360. The van der Waals surface area contributed by atoms with E-state index in [2.05, 4.69) is 30.6 Å². The van der Waals surface area contributed by atoms with Gasteiger partial charge in [0.2, 0.25) is 11.5 Å². The summed E-state index contributed by atoms with van der Waals surface area (Å²) < 4.78 is 43.8. The Morgan fingerprint density at radius 3 is 2.54 bits per heavy atom. The molecule has 6 aromatic rings. The Labute approximate surface area is 281 Å². The molecule has 13 nitrogen and oxygen atoms in total. The number of halogens is 3. The van der Waals surface area contributed by atoms with E-state index in [1.165, 1.54) is 33.9 Å². The number of anilines is 1. The number of fused-ring (bicyclic) bond motifs is 4. The summed E-state index contributed by atoms with van der Waals surface area (Å²) in [4.78, 5) is 50.9. The number of aryl methyl sites for hydroxylation is 1. The van der Waals surface area contributed by atoms with Crippen LogP contribution in [0, 0.1) is 12.8 Å². The Hall–Kier alpha value is -6.19. The van der Waals surface area contributed by atoms with Crippen molar-refractivity contribution in [3.8, 4) is 33.9 Å². The predicted molar refractivity (Wildman–Crippen MR) is 176 cm³/mol. The molecule has 0 aliphatic carbocycles. The molecule has 16 heteroatoms. The molecule has 254 valence electrons. The highest BCUT2D eigenvalue weighted by atomic mass is 19.4. The number of H-pyrrole nitrogens is 1. The van der Waals surface area contributed by atoms with Gasteiger partial charge >= 0.3 is 6.18 Å². The topological polar surface area (TPSA) is 158 Å². The van der Waals surface area contributed by atoms with E-state index < -0.39 is 23.5 Å². The lowest BCUT2D eigenvalue weighted by Crippen LogP contribution is -2.27. The van der Waals surface area contributed by atoms with Crippen molar-refractivity contribution in [3.05, 3.63) is 117 Å². The molecule has 2 bridgehead atoms. The molecular weight excluding hydrogens is 653 g/mol. The first-order chi connectivity index (χ1) is 23.9. The molecule has 2 atom stereocenters. The van der Waals surface area contributed by atoms with Crippen molar-refractivity contribution in [2.75, 3.05) is 5.32 Å². The van der Waals surface area contributed by atoms with E-state index in [1.807, 2.05) is 13.8 Å². The van der Waals surface area contributed by atoms with Crippen molar-refractivity contribution in [3.63, 3.8) is 0 Å². The predicted octanol–water partition coefficient (Wildman–Crippen LogP) is 5.10. The molecule has 1 aliphatic heterocycles. The second kappa shape index (κ2) is 12.7. The molecule has 50 heavy (non-hydrogen) atoms. The van der Waals surface area contributed by atoms with Gasteiger partial charge in [-0.15, -0.1) is 5.10 Å². The largest absolute Gasteiger partial charge is 0.436 e. The summed E-state index contributed by atoms with van der Waals surface area (Å²) >= 11 is 0. The fourth-order valence-corrected chi connectivity index (χ4v) is 5.96. The van der Waals surface area contributed by atoms with Crippen LogP contribution in [0.15, 0.2) is 89.2 Å². The molecule has 0 saturated carbocycles. The maximum atomic E-state index is 13.9. The third kappa shape index (κ3) is 6.34. The number of carbonyl (C=O) groups is 1. The van der Waals surface area contributed by atoms with Crippen LogP contribution < -0.4 is 16.4 Å². The van der Waals surface area contributed by atoms with E-state index in [-0.39, 0.29) is 28.8 Å². The smallest absolute Gasteiger partial charge is 0.329 e. The fourth-order valence-electron chi connectivity index (χ4n) is 5.96. The zero-order valence-corrected chi connectivity index (χ0v) is 26.7. The molecule has 1 aromatic carbocycles. The van der Waals surface area contributed by atoms with Crippen molar-refractivity contribution in [1.82, 2.24) is 44.3 Å². The fraction of sp³-hybridized carbons (Fsp3) is 0.235.